The molecule has 18 heteroatoms. The zero-order valence-corrected chi connectivity index (χ0v) is 26.4. The lowest BCUT2D eigenvalue weighted by atomic mass is 9.85. The van der Waals surface area contributed by atoms with Gasteiger partial charge in [0.2, 0.25) is 0 Å². The van der Waals surface area contributed by atoms with Crippen LogP contribution in [0, 0.1) is 0 Å². The van der Waals surface area contributed by atoms with Crippen LogP contribution in [0.4, 0.5) is 0 Å². The molecule has 43 heavy (non-hydrogen) atoms. The average Bonchev–Trinajstić information content (AvgIpc) is 2.93. The summed E-state index contributed by atoms with van der Waals surface area (Å²) in [5.41, 5.74) is 0. The monoisotopic (exact) mass is 666 g/mol. The van der Waals surface area contributed by atoms with E-state index in [0.29, 0.717) is 12.8 Å². The lowest BCUT2D eigenvalue weighted by Crippen LogP contribution is -2.64. The number of hydrogen-bond acceptors (Lipinski definition) is 13. The van der Waals surface area contributed by atoms with E-state index < -0.39 is 83.5 Å². The molecule has 1 saturated carbocycles. The van der Waals surface area contributed by atoms with Crippen LogP contribution in [0.2, 0.25) is 0 Å². The summed E-state index contributed by atoms with van der Waals surface area (Å²) in [6.45, 7) is 2.77. The van der Waals surface area contributed by atoms with E-state index in [-0.39, 0.29) is 12.8 Å². The Morgan fingerprint density at radius 3 is 1.65 bits per heavy atom. The smallest absolute Gasteiger partial charge is 0.462 e. The van der Waals surface area contributed by atoms with Crippen molar-refractivity contribution < 1.29 is 76.9 Å². The number of aliphatic hydroxyl groups excluding tert-OH is 4. The van der Waals surface area contributed by atoms with Crippen LogP contribution in [-0.4, -0.2) is 103 Å². The van der Waals surface area contributed by atoms with Gasteiger partial charge in [-0.15, -0.1) is 0 Å². The zero-order chi connectivity index (χ0) is 32.6. The van der Waals surface area contributed by atoms with E-state index in [2.05, 4.69) is 11.4 Å². The molecule has 0 radical (unpaired) electrons. The van der Waals surface area contributed by atoms with Gasteiger partial charge in [-0.3, -0.25) is 23.2 Å². The van der Waals surface area contributed by atoms with Crippen LogP contribution in [0.1, 0.15) is 90.9 Å². The molecule has 1 aliphatic rings. The molecule has 7 N–H and O–H groups in total. The summed E-state index contributed by atoms with van der Waals surface area (Å²) in [5, 5.41) is 40.6. The second-order valence-electron chi connectivity index (χ2n) is 10.5. The third-order valence-electron chi connectivity index (χ3n) is 6.68. The largest absolute Gasteiger partial charge is 0.472 e. The van der Waals surface area contributed by atoms with E-state index in [1.807, 2.05) is 6.92 Å². The van der Waals surface area contributed by atoms with E-state index >= 15 is 0 Å². The standard InChI is InChI=1S/C25H48O16P2/c1-3-5-7-9-11-13-18(26)37-15-17(39-19(27)14-12-10-8-6-4-2)16-38-43(35,36)41-25-22(30)20(28)21(29)24(23(25)31)40-42(32,33)34/h17,20-25,28-31H,3-16H2,1-2H3,(H,35,36)(H2,32,33,34)/t17-,20+,21-,22+,23-,24-,25+/m0/s1. The third kappa shape index (κ3) is 16.2. The Morgan fingerprint density at radius 2 is 1.14 bits per heavy atom. The first-order valence-corrected chi connectivity index (χ1v) is 17.6. The molecule has 0 heterocycles. The molecule has 0 amide bonds. The average molecular weight is 667 g/mol. The molecule has 1 fully saturated rings. The minimum Gasteiger partial charge on any atom is -0.462 e. The maximum atomic E-state index is 12.7. The summed E-state index contributed by atoms with van der Waals surface area (Å²) < 4.78 is 48.3. The Bertz CT molecular complexity index is 914. The van der Waals surface area contributed by atoms with Crippen molar-refractivity contribution in [3.8, 4) is 0 Å². The molecule has 0 aliphatic heterocycles. The predicted octanol–water partition coefficient (Wildman–Crippen LogP) is 1.60. The van der Waals surface area contributed by atoms with Gasteiger partial charge in [-0.25, -0.2) is 9.13 Å². The van der Waals surface area contributed by atoms with Crippen molar-refractivity contribution in [3.05, 3.63) is 0 Å². The van der Waals surface area contributed by atoms with E-state index in [1.165, 1.54) is 0 Å². The summed E-state index contributed by atoms with van der Waals surface area (Å²) >= 11 is 0. The zero-order valence-electron chi connectivity index (χ0n) is 24.6. The van der Waals surface area contributed by atoms with Gasteiger partial charge in [0.25, 0.3) is 0 Å². The van der Waals surface area contributed by atoms with Crippen LogP contribution in [0.15, 0.2) is 0 Å². The van der Waals surface area contributed by atoms with Crippen LogP contribution in [-0.2, 0) is 41.8 Å². The molecule has 0 aromatic heterocycles. The molecule has 0 aromatic rings. The Hall–Kier alpha value is -1.00. The Kier molecular flexibility index (Phi) is 18.8. The van der Waals surface area contributed by atoms with Crippen molar-refractivity contribution in [2.24, 2.45) is 0 Å². The highest BCUT2D eigenvalue weighted by Crippen LogP contribution is 2.48. The van der Waals surface area contributed by atoms with Crippen molar-refractivity contribution in [1.29, 1.82) is 0 Å². The molecular weight excluding hydrogens is 618 g/mol. The van der Waals surface area contributed by atoms with Crippen molar-refractivity contribution >= 4 is 27.6 Å². The van der Waals surface area contributed by atoms with E-state index in [1.54, 1.807) is 0 Å². The van der Waals surface area contributed by atoms with Gasteiger partial charge in [-0.2, -0.15) is 0 Å². The fourth-order valence-electron chi connectivity index (χ4n) is 4.32. The summed E-state index contributed by atoms with van der Waals surface area (Å²) in [7, 11) is -10.6. The Morgan fingerprint density at radius 1 is 0.651 bits per heavy atom. The summed E-state index contributed by atoms with van der Waals surface area (Å²) in [5.74, 6) is -1.24. The molecule has 0 saturated heterocycles. The summed E-state index contributed by atoms with van der Waals surface area (Å²) in [4.78, 5) is 52.8. The topological polar surface area (TPSA) is 256 Å². The molecule has 0 bridgehead atoms. The number of carbonyl (C=O) groups excluding carboxylic acids is 2. The third-order valence-corrected chi connectivity index (χ3v) is 8.18. The molecule has 8 atom stereocenters. The molecule has 1 aliphatic carbocycles. The normalized spacial score (nSPS) is 26.4. The predicted molar refractivity (Wildman–Crippen MR) is 149 cm³/mol. The lowest BCUT2D eigenvalue weighted by Gasteiger charge is -2.43. The van der Waals surface area contributed by atoms with Gasteiger partial charge < -0.3 is 44.6 Å². The Labute approximate surface area is 251 Å². The van der Waals surface area contributed by atoms with Gasteiger partial charge in [0.05, 0.1) is 6.61 Å². The second kappa shape index (κ2) is 20.2. The van der Waals surface area contributed by atoms with Gasteiger partial charge in [0.1, 0.15) is 43.2 Å². The van der Waals surface area contributed by atoms with Crippen molar-refractivity contribution in [2.45, 2.75) is 134 Å². The van der Waals surface area contributed by atoms with Gasteiger partial charge >= 0.3 is 27.6 Å². The highest BCUT2D eigenvalue weighted by atomic mass is 31.2. The van der Waals surface area contributed by atoms with Crippen LogP contribution >= 0.6 is 15.6 Å². The quantitative estimate of drug-likeness (QED) is 0.0492. The van der Waals surface area contributed by atoms with Crippen LogP contribution in [0.25, 0.3) is 0 Å². The van der Waals surface area contributed by atoms with Crippen molar-refractivity contribution in [2.75, 3.05) is 13.2 Å². The van der Waals surface area contributed by atoms with Gasteiger partial charge in [0.15, 0.2) is 6.10 Å². The maximum Gasteiger partial charge on any atom is 0.472 e. The number of rotatable bonds is 22. The highest BCUT2D eigenvalue weighted by Gasteiger charge is 2.54. The van der Waals surface area contributed by atoms with Crippen LogP contribution < -0.4 is 0 Å². The fraction of sp³-hybridized carbons (Fsp3) is 0.920. The van der Waals surface area contributed by atoms with Crippen LogP contribution in [0.3, 0.4) is 0 Å². The van der Waals surface area contributed by atoms with E-state index in [9.17, 15) is 44.0 Å². The SMILES string of the molecule is CCCCCCCC(=O)OC[C@@H](COP(=O)(O)O[C@H]1[C@@H](O)[C@@H](OP(=O)(O)O)[C@@H](O)[C@@H](O)[C@H]1O)OC(=O)CCCCCCC. The number of phosphoric acid groups is 2. The molecule has 16 nitrogen and oxygen atoms in total. The molecule has 1 unspecified atom stereocenters. The Balaban J connectivity index is 2.84. The van der Waals surface area contributed by atoms with Crippen molar-refractivity contribution in [3.63, 3.8) is 0 Å². The van der Waals surface area contributed by atoms with Gasteiger partial charge in [0, 0.05) is 12.8 Å². The number of unbranched alkanes of at least 4 members (excludes halogenated alkanes) is 8. The molecule has 254 valence electrons. The first-order chi connectivity index (χ1) is 20.1. The number of hydrogen-bond donors (Lipinski definition) is 7. The highest BCUT2D eigenvalue weighted by molar-refractivity contribution is 7.47. The molecular formula is C25H48O16P2. The van der Waals surface area contributed by atoms with Crippen LogP contribution in [0.5, 0.6) is 0 Å². The minimum absolute atomic E-state index is 0.0422. The minimum atomic E-state index is -5.34. The second-order valence-corrected chi connectivity index (χ2v) is 13.1. The number of aliphatic hydroxyl groups is 4. The fourth-order valence-corrected chi connectivity index (χ4v) is 5.86. The summed E-state index contributed by atoms with van der Waals surface area (Å²) in [6.07, 6.45) is -5.81. The molecule has 0 aromatic carbocycles. The van der Waals surface area contributed by atoms with Crippen molar-refractivity contribution in [1.82, 2.24) is 0 Å². The van der Waals surface area contributed by atoms with E-state index in [4.69, 9.17) is 28.3 Å². The number of ether oxygens (including phenoxy) is 2. The molecule has 1 rings (SSSR count). The summed E-state index contributed by atoms with van der Waals surface area (Å²) in [6, 6.07) is 0. The van der Waals surface area contributed by atoms with Gasteiger partial charge in [-0.05, 0) is 12.8 Å². The lowest BCUT2D eigenvalue weighted by molar-refractivity contribution is -0.216. The number of esters is 2. The molecule has 0 spiro atoms. The first-order valence-electron chi connectivity index (χ1n) is 14.6. The first kappa shape index (κ1) is 40.0. The van der Waals surface area contributed by atoms with E-state index in [0.717, 1.165) is 51.4 Å². The maximum absolute atomic E-state index is 12.7. The number of phosphoric ester groups is 2. The van der Waals surface area contributed by atoms with Gasteiger partial charge in [-0.1, -0.05) is 65.2 Å². The number of carbonyl (C=O) groups is 2.